The van der Waals surface area contributed by atoms with Crippen molar-refractivity contribution < 1.29 is 4.39 Å². The van der Waals surface area contributed by atoms with E-state index < -0.39 is 0 Å². The van der Waals surface area contributed by atoms with Crippen LogP contribution in [0, 0.1) is 5.82 Å². The maximum atomic E-state index is 13.1. The molecule has 100 valence electrons. The van der Waals surface area contributed by atoms with Crippen molar-refractivity contribution in [1.82, 2.24) is 9.55 Å². The summed E-state index contributed by atoms with van der Waals surface area (Å²) >= 11 is 0. The van der Waals surface area contributed by atoms with Gasteiger partial charge in [0.2, 0.25) is 0 Å². The Labute approximate surface area is 116 Å². The van der Waals surface area contributed by atoms with Crippen LogP contribution in [0.15, 0.2) is 60.9 Å². The van der Waals surface area contributed by atoms with Crippen molar-refractivity contribution in [2.45, 2.75) is 6.54 Å². The van der Waals surface area contributed by atoms with Gasteiger partial charge in [-0.25, -0.2) is 9.37 Å². The lowest BCUT2D eigenvalue weighted by Crippen LogP contribution is -2.04. The summed E-state index contributed by atoms with van der Waals surface area (Å²) in [4.78, 5) is 4.38. The number of hydrogen-bond acceptors (Lipinski definition) is 2. The molecule has 0 amide bonds. The van der Waals surface area contributed by atoms with Gasteiger partial charge in [0.25, 0.3) is 0 Å². The SMILES string of the molecule is Nc1cc(F)ccc1Cn1ccnc1-c1ccccc1. The quantitative estimate of drug-likeness (QED) is 0.740. The molecule has 0 saturated heterocycles. The third-order valence-corrected chi connectivity index (χ3v) is 3.20. The van der Waals surface area contributed by atoms with E-state index in [1.165, 1.54) is 12.1 Å². The number of anilines is 1. The first-order chi connectivity index (χ1) is 9.74. The van der Waals surface area contributed by atoms with E-state index in [9.17, 15) is 4.39 Å². The van der Waals surface area contributed by atoms with Crippen LogP contribution in [0.5, 0.6) is 0 Å². The van der Waals surface area contributed by atoms with Crippen molar-refractivity contribution in [3.8, 4) is 11.4 Å². The third kappa shape index (κ3) is 2.40. The van der Waals surface area contributed by atoms with Gasteiger partial charge < -0.3 is 10.3 Å². The highest BCUT2D eigenvalue weighted by atomic mass is 19.1. The molecule has 1 heterocycles. The van der Waals surface area contributed by atoms with E-state index in [-0.39, 0.29) is 5.82 Å². The molecule has 1 aromatic heterocycles. The minimum Gasteiger partial charge on any atom is -0.398 e. The predicted molar refractivity (Wildman–Crippen MR) is 77.6 cm³/mol. The zero-order valence-electron chi connectivity index (χ0n) is 10.8. The molecule has 0 fully saturated rings. The molecule has 0 unspecified atom stereocenters. The van der Waals surface area contributed by atoms with Crippen LogP contribution in [0.3, 0.4) is 0 Å². The maximum Gasteiger partial charge on any atom is 0.140 e. The lowest BCUT2D eigenvalue weighted by molar-refractivity contribution is 0.627. The zero-order chi connectivity index (χ0) is 13.9. The van der Waals surface area contributed by atoms with Gasteiger partial charge in [-0.1, -0.05) is 36.4 Å². The normalized spacial score (nSPS) is 10.7. The van der Waals surface area contributed by atoms with Gasteiger partial charge in [-0.3, -0.25) is 0 Å². The summed E-state index contributed by atoms with van der Waals surface area (Å²) in [6.07, 6.45) is 3.65. The van der Waals surface area contributed by atoms with Gasteiger partial charge in [0.15, 0.2) is 0 Å². The number of halogens is 1. The second-order valence-electron chi connectivity index (χ2n) is 4.59. The molecule has 0 bridgehead atoms. The highest BCUT2D eigenvalue weighted by Gasteiger charge is 2.08. The minimum absolute atomic E-state index is 0.319. The first-order valence-corrected chi connectivity index (χ1v) is 6.34. The predicted octanol–water partition coefficient (Wildman–Crippen LogP) is 3.32. The Kier molecular flexibility index (Phi) is 3.21. The van der Waals surface area contributed by atoms with Gasteiger partial charge in [0, 0.05) is 23.6 Å². The highest BCUT2D eigenvalue weighted by molar-refractivity contribution is 5.56. The number of rotatable bonds is 3. The number of imidazole rings is 1. The van der Waals surface area contributed by atoms with Crippen molar-refractivity contribution in [1.29, 1.82) is 0 Å². The molecule has 0 radical (unpaired) electrons. The summed E-state index contributed by atoms with van der Waals surface area (Å²) in [6, 6.07) is 14.4. The first kappa shape index (κ1) is 12.4. The Hall–Kier alpha value is -2.62. The van der Waals surface area contributed by atoms with Crippen LogP contribution in [0.4, 0.5) is 10.1 Å². The lowest BCUT2D eigenvalue weighted by atomic mass is 10.1. The van der Waals surface area contributed by atoms with Crippen LogP contribution in [0.25, 0.3) is 11.4 Å². The first-order valence-electron chi connectivity index (χ1n) is 6.34. The fourth-order valence-electron chi connectivity index (χ4n) is 2.18. The molecule has 2 N–H and O–H groups in total. The van der Waals surface area contributed by atoms with Crippen LogP contribution < -0.4 is 5.73 Å². The molecule has 0 aliphatic carbocycles. The fourth-order valence-corrected chi connectivity index (χ4v) is 2.18. The maximum absolute atomic E-state index is 13.1. The molecule has 0 atom stereocenters. The average Bonchev–Trinajstić information content (AvgIpc) is 2.91. The fraction of sp³-hybridized carbons (Fsp3) is 0.0625. The summed E-state index contributed by atoms with van der Waals surface area (Å²) in [5.74, 6) is 0.550. The average molecular weight is 267 g/mol. The van der Waals surface area contributed by atoms with E-state index in [2.05, 4.69) is 4.98 Å². The Morgan fingerprint density at radius 3 is 2.65 bits per heavy atom. The van der Waals surface area contributed by atoms with E-state index in [1.807, 2.05) is 41.1 Å². The molecular weight excluding hydrogens is 253 g/mol. The zero-order valence-corrected chi connectivity index (χ0v) is 10.8. The molecule has 2 aromatic carbocycles. The smallest absolute Gasteiger partial charge is 0.140 e. The van der Waals surface area contributed by atoms with Gasteiger partial charge in [0.05, 0.1) is 6.54 Å². The molecule has 0 saturated carbocycles. The van der Waals surface area contributed by atoms with Crippen molar-refractivity contribution in [2.24, 2.45) is 0 Å². The van der Waals surface area contributed by atoms with Crippen LogP contribution in [-0.2, 0) is 6.54 Å². The van der Waals surface area contributed by atoms with E-state index >= 15 is 0 Å². The number of benzene rings is 2. The Morgan fingerprint density at radius 1 is 1.10 bits per heavy atom. The molecular formula is C16H14FN3. The van der Waals surface area contributed by atoms with E-state index in [1.54, 1.807) is 12.3 Å². The monoisotopic (exact) mass is 267 g/mol. The molecule has 3 aromatic rings. The third-order valence-electron chi connectivity index (χ3n) is 3.20. The molecule has 3 nitrogen and oxygen atoms in total. The van der Waals surface area contributed by atoms with Gasteiger partial charge in [-0.15, -0.1) is 0 Å². The topological polar surface area (TPSA) is 43.8 Å². The number of aromatic nitrogens is 2. The second-order valence-corrected chi connectivity index (χ2v) is 4.59. The Balaban J connectivity index is 1.95. The number of hydrogen-bond donors (Lipinski definition) is 1. The number of nitrogens with two attached hydrogens (primary N) is 1. The van der Waals surface area contributed by atoms with Gasteiger partial charge in [-0.2, -0.15) is 0 Å². The summed E-state index contributed by atoms with van der Waals surface area (Å²) in [5, 5.41) is 0. The van der Waals surface area contributed by atoms with Crippen LogP contribution in [0.1, 0.15) is 5.56 Å². The van der Waals surface area contributed by atoms with E-state index in [0.717, 1.165) is 17.0 Å². The van der Waals surface area contributed by atoms with Gasteiger partial charge in [0.1, 0.15) is 11.6 Å². The number of nitrogen functional groups attached to an aromatic ring is 1. The number of nitrogens with zero attached hydrogens (tertiary/aromatic N) is 2. The van der Waals surface area contributed by atoms with Gasteiger partial charge >= 0.3 is 0 Å². The van der Waals surface area contributed by atoms with E-state index in [4.69, 9.17) is 5.73 Å². The Bertz CT molecular complexity index is 720. The van der Waals surface area contributed by atoms with E-state index in [0.29, 0.717) is 12.2 Å². The molecule has 0 spiro atoms. The minimum atomic E-state index is -0.319. The second kappa shape index (κ2) is 5.17. The largest absolute Gasteiger partial charge is 0.398 e. The van der Waals surface area contributed by atoms with Crippen molar-refractivity contribution in [3.63, 3.8) is 0 Å². The van der Waals surface area contributed by atoms with Crippen LogP contribution in [0.2, 0.25) is 0 Å². The standard InChI is InChI=1S/C16H14FN3/c17-14-7-6-13(15(18)10-14)11-20-9-8-19-16(20)12-4-2-1-3-5-12/h1-10H,11,18H2. The molecule has 20 heavy (non-hydrogen) atoms. The van der Waals surface area contributed by atoms with Crippen molar-refractivity contribution in [2.75, 3.05) is 5.73 Å². The summed E-state index contributed by atoms with van der Waals surface area (Å²) in [7, 11) is 0. The Morgan fingerprint density at radius 2 is 1.90 bits per heavy atom. The molecule has 3 rings (SSSR count). The lowest BCUT2D eigenvalue weighted by Gasteiger charge is -2.10. The van der Waals surface area contributed by atoms with Crippen LogP contribution in [-0.4, -0.2) is 9.55 Å². The highest BCUT2D eigenvalue weighted by Crippen LogP contribution is 2.20. The van der Waals surface area contributed by atoms with Crippen LogP contribution >= 0.6 is 0 Å². The molecule has 4 heteroatoms. The summed E-state index contributed by atoms with van der Waals surface area (Å²) in [5.41, 5.74) is 8.23. The summed E-state index contributed by atoms with van der Waals surface area (Å²) < 4.78 is 15.1. The van der Waals surface area contributed by atoms with Gasteiger partial charge in [-0.05, 0) is 17.7 Å². The molecule has 0 aliphatic heterocycles. The summed E-state index contributed by atoms with van der Waals surface area (Å²) in [6.45, 7) is 0.566. The van der Waals surface area contributed by atoms with Crippen molar-refractivity contribution >= 4 is 5.69 Å². The van der Waals surface area contributed by atoms with Crippen molar-refractivity contribution in [3.05, 3.63) is 72.3 Å². The molecule has 0 aliphatic rings.